The molecule has 2 aliphatic rings. The number of carbonyl (C=O) groups is 1. The van der Waals surface area contributed by atoms with Gasteiger partial charge in [-0.1, -0.05) is 37.6 Å². The van der Waals surface area contributed by atoms with Crippen molar-refractivity contribution in [3.8, 4) is 6.01 Å². The number of amides is 2. The van der Waals surface area contributed by atoms with Crippen molar-refractivity contribution in [2.24, 2.45) is 0 Å². The number of nitrogens with two attached hydrogens (primary N) is 1. The van der Waals surface area contributed by atoms with Crippen LogP contribution in [0.3, 0.4) is 0 Å². The van der Waals surface area contributed by atoms with Crippen molar-refractivity contribution in [1.29, 1.82) is 0 Å². The molecule has 8 heteroatoms. The molecule has 4 rings (SSSR count). The van der Waals surface area contributed by atoms with Crippen LogP contribution >= 0.6 is 0 Å². The van der Waals surface area contributed by atoms with E-state index in [1.54, 1.807) is 4.90 Å². The molecule has 0 aliphatic carbocycles. The molecule has 0 radical (unpaired) electrons. The third kappa shape index (κ3) is 5.44. The Labute approximate surface area is 183 Å². The standard InChI is InChI=1S/C23H32N6O2/c1-2-3-14-31-22-25-19-16-29(23(30)26-20(19)21(24)27-22)15-18-8-6-17(7-9-18)10-13-28-11-4-5-12-28/h6-9H,2-5,10-16H2,1H3,(H,26,30)(H2,24,25,27). The van der Waals surface area contributed by atoms with Crippen LogP contribution in [0.5, 0.6) is 6.01 Å². The predicted molar refractivity (Wildman–Crippen MR) is 121 cm³/mol. The van der Waals surface area contributed by atoms with Gasteiger partial charge >= 0.3 is 12.0 Å². The Balaban J connectivity index is 1.37. The predicted octanol–water partition coefficient (Wildman–Crippen LogP) is 3.42. The van der Waals surface area contributed by atoms with E-state index < -0.39 is 0 Å². The average molecular weight is 425 g/mol. The number of nitrogens with zero attached hydrogens (tertiary/aromatic N) is 4. The maximum atomic E-state index is 12.6. The fourth-order valence-corrected chi connectivity index (χ4v) is 4.02. The van der Waals surface area contributed by atoms with E-state index in [0.717, 1.165) is 31.4 Å². The topological polar surface area (TPSA) is 96.6 Å². The lowest BCUT2D eigenvalue weighted by atomic mass is 10.1. The van der Waals surface area contributed by atoms with E-state index in [0.29, 0.717) is 31.1 Å². The minimum Gasteiger partial charge on any atom is -0.463 e. The Kier molecular flexibility index (Phi) is 6.86. The van der Waals surface area contributed by atoms with Crippen LogP contribution in [0.1, 0.15) is 49.4 Å². The van der Waals surface area contributed by atoms with E-state index in [4.69, 9.17) is 10.5 Å². The number of benzene rings is 1. The zero-order valence-corrected chi connectivity index (χ0v) is 18.3. The third-order valence-electron chi connectivity index (χ3n) is 5.89. The summed E-state index contributed by atoms with van der Waals surface area (Å²) < 4.78 is 5.61. The zero-order chi connectivity index (χ0) is 21.6. The second-order valence-corrected chi connectivity index (χ2v) is 8.32. The number of nitrogen functional groups attached to an aromatic ring is 1. The number of rotatable bonds is 9. The minimum atomic E-state index is -0.194. The molecule has 0 bridgehead atoms. The largest absolute Gasteiger partial charge is 0.463 e. The smallest absolute Gasteiger partial charge is 0.322 e. The number of hydrogen-bond acceptors (Lipinski definition) is 6. The lowest BCUT2D eigenvalue weighted by molar-refractivity contribution is 0.202. The molecule has 0 spiro atoms. The molecular formula is C23H32N6O2. The SMILES string of the molecule is CCCCOc1nc(N)c2c(n1)CN(Cc1ccc(CCN3CCCC3)cc1)C(=O)N2. The summed E-state index contributed by atoms with van der Waals surface area (Å²) in [6.45, 7) is 7.09. The van der Waals surface area contributed by atoms with Gasteiger partial charge < -0.3 is 25.6 Å². The number of urea groups is 1. The van der Waals surface area contributed by atoms with E-state index in [9.17, 15) is 4.79 Å². The number of hydrogen-bond donors (Lipinski definition) is 2. The van der Waals surface area contributed by atoms with Crippen LogP contribution in [-0.4, -0.2) is 52.0 Å². The van der Waals surface area contributed by atoms with Gasteiger partial charge in [0.05, 0.1) is 18.8 Å². The Hall–Kier alpha value is -2.87. The van der Waals surface area contributed by atoms with Gasteiger partial charge in [0.25, 0.3) is 0 Å². The molecule has 2 amide bonds. The molecule has 0 atom stereocenters. The van der Waals surface area contributed by atoms with E-state index in [1.165, 1.54) is 31.5 Å². The molecule has 3 heterocycles. The van der Waals surface area contributed by atoms with Crippen LogP contribution in [-0.2, 0) is 19.5 Å². The quantitative estimate of drug-likeness (QED) is 0.599. The van der Waals surface area contributed by atoms with Gasteiger partial charge in [-0.2, -0.15) is 9.97 Å². The molecule has 1 aromatic carbocycles. The van der Waals surface area contributed by atoms with Crippen LogP contribution < -0.4 is 15.8 Å². The highest BCUT2D eigenvalue weighted by Crippen LogP contribution is 2.29. The van der Waals surface area contributed by atoms with Crippen LogP contribution in [0.4, 0.5) is 16.3 Å². The Morgan fingerprint density at radius 2 is 1.87 bits per heavy atom. The zero-order valence-electron chi connectivity index (χ0n) is 18.3. The second-order valence-electron chi connectivity index (χ2n) is 8.32. The number of fused-ring (bicyclic) bond motifs is 1. The summed E-state index contributed by atoms with van der Waals surface area (Å²) >= 11 is 0. The number of likely N-dealkylation sites (tertiary alicyclic amines) is 1. The van der Waals surface area contributed by atoms with Crippen molar-refractivity contribution in [2.45, 2.75) is 52.1 Å². The van der Waals surface area contributed by atoms with Crippen molar-refractivity contribution >= 4 is 17.5 Å². The van der Waals surface area contributed by atoms with Crippen molar-refractivity contribution in [2.75, 3.05) is 37.3 Å². The van der Waals surface area contributed by atoms with Crippen molar-refractivity contribution in [3.63, 3.8) is 0 Å². The number of ether oxygens (including phenoxy) is 1. The lowest BCUT2D eigenvalue weighted by Crippen LogP contribution is -2.39. The number of aromatic nitrogens is 2. The highest BCUT2D eigenvalue weighted by molar-refractivity contribution is 5.94. The summed E-state index contributed by atoms with van der Waals surface area (Å²) in [7, 11) is 0. The molecule has 1 saturated heterocycles. The first-order chi connectivity index (χ1) is 15.1. The average Bonchev–Trinajstić information content (AvgIpc) is 3.28. The summed E-state index contributed by atoms with van der Waals surface area (Å²) in [5.41, 5.74) is 9.62. The summed E-state index contributed by atoms with van der Waals surface area (Å²) in [5.74, 6) is 0.242. The van der Waals surface area contributed by atoms with E-state index in [2.05, 4.69) is 51.4 Å². The molecule has 0 saturated carbocycles. The molecule has 166 valence electrons. The van der Waals surface area contributed by atoms with Gasteiger partial charge in [0, 0.05) is 13.1 Å². The Bertz CT molecular complexity index is 896. The maximum absolute atomic E-state index is 12.6. The van der Waals surface area contributed by atoms with Crippen LogP contribution in [0.25, 0.3) is 0 Å². The first-order valence-electron chi connectivity index (χ1n) is 11.3. The third-order valence-corrected chi connectivity index (χ3v) is 5.89. The summed E-state index contributed by atoms with van der Waals surface area (Å²) in [5, 5.41) is 2.83. The van der Waals surface area contributed by atoms with Crippen molar-refractivity contribution < 1.29 is 9.53 Å². The summed E-state index contributed by atoms with van der Waals surface area (Å²) in [4.78, 5) is 25.5. The molecule has 1 fully saturated rings. The van der Waals surface area contributed by atoms with Crippen molar-refractivity contribution in [1.82, 2.24) is 19.8 Å². The van der Waals surface area contributed by atoms with Crippen LogP contribution in [0.15, 0.2) is 24.3 Å². The molecule has 2 aromatic rings. The highest BCUT2D eigenvalue weighted by atomic mass is 16.5. The second kappa shape index (κ2) is 9.96. The van der Waals surface area contributed by atoms with Gasteiger partial charge in [-0.15, -0.1) is 0 Å². The van der Waals surface area contributed by atoms with Gasteiger partial charge in [-0.25, -0.2) is 4.79 Å². The molecule has 3 N–H and O–H groups in total. The maximum Gasteiger partial charge on any atom is 0.322 e. The monoisotopic (exact) mass is 424 g/mol. The number of unbranched alkanes of at least 4 members (excludes halogenated alkanes) is 1. The van der Waals surface area contributed by atoms with E-state index in [-0.39, 0.29) is 17.9 Å². The molecule has 0 unspecified atom stereocenters. The molecule has 8 nitrogen and oxygen atoms in total. The fourth-order valence-electron chi connectivity index (χ4n) is 4.02. The minimum absolute atomic E-state index is 0.194. The number of anilines is 2. The van der Waals surface area contributed by atoms with Gasteiger partial charge in [0.15, 0.2) is 5.82 Å². The van der Waals surface area contributed by atoms with Crippen molar-refractivity contribution in [3.05, 3.63) is 41.1 Å². The van der Waals surface area contributed by atoms with Gasteiger partial charge in [0.2, 0.25) is 0 Å². The first-order valence-corrected chi connectivity index (χ1v) is 11.3. The Morgan fingerprint density at radius 1 is 1.13 bits per heavy atom. The summed E-state index contributed by atoms with van der Waals surface area (Å²) in [6.07, 6.45) is 5.67. The summed E-state index contributed by atoms with van der Waals surface area (Å²) in [6, 6.07) is 8.62. The van der Waals surface area contributed by atoms with E-state index >= 15 is 0 Å². The molecule has 31 heavy (non-hydrogen) atoms. The van der Waals surface area contributed by atoms with Gasteiger partial charge in [-0.3, -0.25) is 0 Å². The van der Waals surface area contributed by atoms with Gasteiger partial charge in [0.1, 0.15) is 5.69 Å². The van der Waals surface area contributed by atoms with E-state index in [1.807, 2.05) is 0 Å². The van der Waals surface area contributed by atoms with Crippen LogP contribution in [0.2, 0.25) is 0 Å². The fraction of sp³-hybridized carbons (Fsp3) is 0.522. The highest BCUT2D eigenvalue weighted by Gasteiger charge is 2.27. The molecular weight excluding hydrogens is 392 g/mol. The van der Waals surface area contributed by atoms with Crippen LogP contribution in [0, 0.1) is 0 Å². The first kappa shape index (κ1) is 21.4. The molecule has 2 aliphatic heterocycles. The Morgan fingerprint density at radius 3 is 2.61 bits per heavy atom. The molecule has 1 aromatic heterocycles. The normalized spacial score (nSPS) is 16.3. The number of carbonyl (C=O) groups excluding carboxylic acids is 1. The van der Waals surface area contributed by atoms with Gasteiger partial charge in [-0.05, 0) is 49.9 Å². The lowest BCUT2D eigenvalue weighted by Gasteiger charge is -2.29. The number of nitrogens with one attached hydrogen (secondary N) is 1.